The van der Waals surface area contributed by atoms with E-state index in [2.05, 4.69) is 4.98 Å². The minimum Gasteiger partial charge on any atom is -0.328 e. The summed E-state index contributed by atoms with van der Waals surface area (Å²) < 4.78 is 38.7. The molecule has 8 heteroatoms. The van der Waals surface area contributed by atoms with Crippen molar-refractivity contribution in [1.82, 2.24) is 9.55 Å². The molecule has 0 fully saturated rings. The van der Waals surface area contributed by atoms with Gasteiger partial charge in [0.25, 0.3) is 5.56 Å². The van der Waals surface area contributed by atoms with Crippen molar-refractivity contribution in [3.63, 3.8) is 0 Å². The third-order valence-corrected chi connectivity index (χ3v) is 3.22. The van der Waals surface area contributed by atoms with Crippen LogP contribution in [-0.4, -0.2) is 22.3 Å². The zero-order valence-corrected chi connectivity index (χ0v) is 9.26. The topological polar surface area (TPSA) is 60.9 Å². The average molecular weight is 263 g/mol. The summed E-state index contributed by atoms with van der Waals surface area (Å²) in [5.74, 6) is 0. The van der Waals surface area contributed by atoms with Gasteiger partial charge in [-0.2, -0.15) is 13.2 Å². The molecule has 2 aromatic rings. The Labute approximate surface area is 97.5 Å². The van der Waals surface area contributed by atoms with E-state index in [9.17, 15) is 18.0 Å². The largest absolute Gasteiger partial charge is 0.410 e. The number of alkyl halides is 3. The van der Waals surface area contributed by atoms with Crippen LogP contribution in [0.5, 0.6) is 0 Å². The molecule has 0 aliphatic rings. The normalized spacial score (nSPS) is 14.1. The van der Waals surface area contributed by atoms with Crippen LogP contribution in [0.15, 0.2) is 22.6 Å². The minimum atomic E-state index is -4.56. The lowest BCUT2D eigenvalue weighted by atomic mass is 10.3. The van der Waals surface area contributed by atoms with Crippen LogP contribution in [0.4, 0.5) is 13.2 Å². The average Bonchev–Trinajstić information content (AvgIpc) is 2.69. The number of nitrogens with two attached hydrogens (primary N) is 1. The maximum atomic E-state index is 12.6. The van der Waals surface area contributed by atoms with Gasteiger partial charge in [0, 0.05) is 6.54 Å². The van der Waals surface area contributed by atoms with Crippen LogP contribution < -0.4 is 11.3 Å². The van der Waals surface area contributed by atoms with E-state index in [4.69, 9.17) is 5.73 Å². The molecule has 0 saturated carbocycles. The molecule has 0 spiro atoms. The van der Waals surface area contributed by atoms with Gasteiger partial charge < -0.3 is 5.73 Å². The van der Waals surface area contributed by atoms with Crippen molar-refractivity contribution in [2.45, 2.75) is 12.2 Å². The summed E-state index contributed by atoms with van der Waals surface area (Å²) in [6, 6.07) is -0.453. The van der Waals surface area contributed by atoms with E-state index >= 15 is 0 Å². The van der Waals surface area contributed by atoms with E-state index < -0.39 is 24.3 Å². The van der Waals surface area contributed by atoms with Crippen LogP contribution in [0.1, 0.15) is 6.04 Å². The molecule has 0 bridgehead atoms. The Balaban J connectivity index is 2.62. The van der Waals surface area contributed by atoms with Crippen LogP contribution in [0, 0.1) is 0 Å². The smallest absolute Gasteiger partial charge is 0.328 e. The van der Waals surface area contributed by atoms with Gasteiger partial charge in [-0.25, -0.2) is 4.98 Å². The summed E-state index contributed by atoms with van der Waals surface area (Å²) >= 11 is 1.06. The Hall–Kier alpha value is -1.41. The lowest BCUT2D eigenvalue weighted by Gasteiger charge is -2.20. The van der Waals surface area contributed by atoms with Crippen molar-refractivity contribution in [2.24, 2.45) is 5.73 Å². The zero-order valence-electron chi connectivity index (χ0n) is 8.44. The molecule has 1 atom stereocenters. The number of hydrogen-bond donors (Lipinski definition) is 1. The predicted molar refractivity (Wildman–Crippen MR) is 58.0 cm³/mol. The molecule has 17 heavy (non-hydrogen) atoms. The summed E-state index contributed by atoms with van der Waals surface area (Å²) in [5.41, 5.74) is 4.76. The van der Waals surface area contributed by atoms with Crippen molar-refractivity contribution in [1.29, 1.82) is 0 Å². The molecule has 1 unspecified atom stereocenters. The summed E-state index contributed by atoms with van der Waals surface area (Å²) in [7, 11) is 0. The Kier molecular flexibility index (Phi) is 2.92. The lowest BCUT2D eigenvalue weighted by molar-refractivity contribution is -0.165. The van der Waals surface area contributed by atoms with E-state index in [0.29, 0.717) is 10.1 Å². The fourth-order valence-corrected chi connectivity index (χ4v) is 2.27. The summed E-state index contributed by atoms with van der Waals surface area (Å²) in [5, 5.41) is 1.61. The molecule has 0 radical (unpaired) electrons. The number of hydrogen-bond acceptors (Lipinski definition) is 4. The quantitative estimate of drug-likeness (QED) is 0.893. The highest BCUT2D eigenvalue weighted by molar-refractivity contribution is 7.17. The van der Waals surface area contributed by atoms with Crippen LogP contribution in [0.3, 0.4) is 0 Å². The Bertz CT molecular complexity index is 589. The van der Waals surface area contributed by atoms with Gasteiger partial charge in [-0.3, -0.25) is 9.36 Å². The molecule has 0 aromatic carbocycles. The highest BCUT2D eigenvalue weighted by Crippen LogP contribution is 2.28. The van der Waals surface area contributed by atoms with E-state index in [0.717, 1.165) is 17.7 Å². The summed E-state index contributed by atoms with van der Waals surface area (Å²) in [6.45, 7) is -0.692. The molecule has 0 aliphatic heterocycles. The standard InChI is InChI=1S/C9H8F3N3OS/c10-9(11,12)6(3-13)15-4-14-5-1-2-17-7(5)8(15)16/h1-2,4,6H,3,13H2. The number of thiophene rings is 1. The van der Waals surface area contributed by atoms with Crippen molar-refractivity contribution in [3.05, 3.63) is 28.1 Å². The zero-order chi connectivity index (χ0) is 12.6. The number of halogens is 3. The monoisotopic (exact) mass is 263 g/mol. The van der Waals surface area contributed by atoms with Gasteiger partial charge in [0.1, 0.15) is 10.7 Å². The van der Waals surface area contributed by atoms with Gasteiger partial charge in [0.2, 0.25) is 0 Å². The summed E-state index contributed by atoms with van der Waals surface area (Å²) in [6.07, 6.45) is -3.67. The number of rotatable bonds is 2. The molecule has 92 valence electrons. The van der Waals surface area contributed by atoms with Gasteiger partial charge in [-0.05, 0) is 11.4 Å². The maximum Gasteiger partial charge on any atom is 0.410 e. The fourth-order valence-electron chi connectivity index (χ4n) is 1.49. The predicted octanol–water partition coefficient (Wildman–Crippen LogP) is 1.52. The van der Waals surface area contributed by atoms with Crippen LogP contribution in [-0.2, 0) is 0 Å². The van der Waals surface area contributed by atoms with Gasteiger partial charge >= 0.3 is 6.18 Å². The molecule has 2 rings (SSSR count). The first-order chi connectivity index (χ1) is 7.95. The first kappa shape index (κ1) is 12.1. The SMILES string of the molecule is NCC(n1cnc2ccsc2c1=O)C(F)(F)F. The van der Waals surface area contributed by atoms with Gasteiger partial charge in [-0.1, -0.05) is 0 Å². The van der Waals surface area contributed by atoms with Crippen molar-refractivity contribution >= 4 is 21.6 Å². The first-order valence-corrected chi connectivity index (χ1v) is 5.54. The van der Waals surface area contributed by atoms with Gasteiger partial charge in [0.05, 0.1) is 11.8 Å². The van der Waals surface area contributed by atoms with Crippen molar-refractivity contribution in [3.8, 4) is 0 Å². The minimum absolute atomic E-state index is 0.204. The molecular weight excluding hydrogens is 255 g/mol. The highest BCUT2D eigenvalue weighted by atomic mass is 32.1. The van der Waals surface area contributed by atoms with E-state index in [1.54, 1.807) is 11.4 Å². The highest BCUT2D eigenvalue weighted by Gasteiger charge is 2.40. The lowest BCUT2D eigenvalue weighted by Crippen LogP contribution is -2.38. The van der Waals surface area contributed by atoms with E-state index in [1.165, 1.54) is 0 Å². The number of nitrogens with zero attached hydrogens (tertiary/aromatic N) is 2. The van der Waals surface area contributed by atoms with Crippen LogP contribution >= 0.6 is 11.3 Å². The molecule has 0 amide bonds. The second-order valence-corrected chi connectivity index (χ2v) is 4.30. The fraction of sp³-hybridized carbons (Fsp3) is 0.333. The Morgan fingerprint density at radius 1 is 1.53 bits per heavy atom. The van der Waals surface area contributed by atoms with Crippen molar-refractivity contribution < 1.29 is 13.2 Å². The third-order valence-electron chi connectivity index (χ3n) is 2.33. The Morgan fingerprint density at radius 2 is 2.24 bits per heavy atom. The Morgan fingerprint density at radius 3 is 2.82 bits per heavy atom. The van der Waals surface area contributed by atoms with Crippen LogP contribution in [0.25, 0.3) is 10.2 Å². The first-order valence-electron chi connectivity index (χ1n) is 4.66. The number of fused-ring (bicyclic) bond motifs is 1. The van der Waals surface area contributed by atoms with Crippen molar-refractivity contribution in [2.75, 3.05) is 6.54 Å². The van der Waals surface area contributed by atoms with E-state index in [1.807, 2.05) is 0 Å². The summed E-state index contributed by atoms with van der Waals surface area (Å²) in [4.78, 5) is 15.6. The number of aromatic nitrogens is 2. The molecule has 4 nitrogen and oxygen atoms in total. The molecular formula is C9H8F3N3OS. The second kappa shape index (κ2) is 4.11. The second-order valence-electron chi connectivity index (χ2n) is 3.39. The van der Waals surface area contributed by atoms with Gasteiger partial charge in [0.15, 0.2) is 0 Å². The maximum absolute atomic E-state index is 12.6. The van der Waals surface area contributed by atoms with Gasteiger partial charge in [-0.15, -0.1) is 11.3 Å². The molecule has 0 saturated heterocycles. The molecule has 2 N–H and O–H groups in total. The molecule has 0 aliphatic carbocycles. The van der Waals surface area contributed by atoms with Crippen LogP contribution in [0.2, 0.25) is 0 Å². The van der Waals surface area contributed by atoms with E-state index in [-0.39, 0.29) is 4.70 Å². The molecule has 2 aromatic heterocycles. The molecule has 2 heterocycles. The third kappa shape index (κ3) is 2.05.